The Balaban J connectivity index is 1.97. The minimum atomic E-state index is 0.542. The van der Waals surface area contributed by atoms with E-state index >= 15 is 0 Å². The third-order valence-electron chi connectivity index (χ3n) is 2.79. The van der Waals surface area contributed by atoms with Crippen LogP contribution in [0.4, 0.5) is 5.82 Å². The molecule has 98 valence electrons. The van der Waals surface area contributed by atoms with Gasteiger partial charge in [0.1, 0.15) is 11.6 Å². The van der Waals surface area contributed by atoms with E-state index < -0.39 is 0 Å². The Morgan fingerprint density at radius 3 is 2.83 bits per heavy atom. The first kappa shape index (κ1) is 12.8. The monoisotopic (exact) mass is 247 g/mol. The van der Waals surface area contributed by atoms with Crippen LogP contribution in [-0.2, 0) is 6.42 Å². The average Bonchev–Trinajstić information content (AvgIpc) is 2.75. The highest BCUT2D eigenvalue weighted by Crippen LogP contribution is 2.13. The number of nitrogens with zero attached hydrogens (tertiary/aromatic N) is 2. The molecule has 0 aliphatic carbocycles. The van der Waals surface area contributed by atoms with Gasteiger partial charge in [-0.25, -0.2) is 9.97 Å². The molecule has 0 saturated heterocycles. The lowest BCUT2D eigenvalue weighted by Gasteiger charge is -2.06. The van der Waals surface area contributed by atoms with Gasteiger partial charge < -0.3 is 15.6 Å². The molecular weight excluding hydrogens is 226 g/mol. The lowest BCUT2D eigenvalue weighted by atomic mass is 10.3. The third-order valence-corrected chi connectivity index (χ3v) is 2.79. The zero-order valence-corrected chi connectivity index (χ0v) is 11.2. The van der Waals surface area contributed by atoms with Crippen molar-refractivity contribution in [2.75, 3.05) is 18.9 Å². The van der Waals surface area contributed by atoms with Gasteiger partial charge in [-0.15, -0.1) is 0 Å². The largest absolute Gasteiger partial charge is 0.373 e. The highest BCUT2D eigenvalue weighted by atomic mass is 15.0. The van der Waals surface area contributed by atoms with Crippen LogP contribution >= 0.6 is 0 Å². The number of anilines is 1. The number of H-pyrrole nitrogens is 1. The van der Waals surface area contributed by atoms with Crippen molar-refractivity contribution in [1.29, 1.82) is 0 Å². The van der Waals surface area contributed by atoms with Crippen LogP contribution in [0.5, 0.6) is 0 Å². The summed E-state index contributed by atoms with van der Waals surface area (Å²) in [5.74, 6) is 1.86. The van der Waals surface area contributed by atoms with E-state index in [1.807, 2.05) is 19.2 Å². The highest BCUT2D eigenvalue weighted by Gasteiger charge is 2.04. The summed E-state index contributed by atoms with van der Waals surface area (Å²) in [6.45, 7) is 5.33. The maximum absolute atomic E-state index is 4.50. The number of fused-ring (bicyclic) bond motifs is 1. The summed E-state index contributed by atoms with van der Waals surface area (Å²) in [6, 6.07) is 4.50. The van der Waals surface area contributed by atoms with Gasteiger partial charge in [0.25, 0.3) is 0 Å². The second-order valence-electron chi connectivity index (χ2n) is 4.71. The Morgan fingerprint density at radius 2 is 2.11 bits per heavy atom. The molecule has 0 fully saturated rings. The van der Waals surface area contributed by atoms with Crippen LogP contribution in [0, 0.1) is 0 Å². The van der Waals surface area contributed by atoms with Crippen molar-refractivity contribution in [1.82, 2.24) is 20.3 Å². The van der Waals surface area contributed by atoms with E-state index in [4.69, 9.17) is 0 Å². The molecule has 0 aliphatic rings. The molecule has 0 saturated carbocycles. The number of pyridine rings is 1. The van der Waals surface area contributed by atoms with Gasteiger partial charge in [0.05, 0.1) is 5.52 Å². The first-order valence-electron chi connectivity index (χ1n) is 6.46. The summed E-state index contributed by atoms with van der Waals surface area (Å²) in [7, 11) is 1.86. The Kier molecular flexibility index (Phi) is 4.15. The van der Waals surface area contributed by atoms with Crippen molar-refractivity contribution in [2.24, 2.45) is 0 Å². The van der Waals surface area contributed by atoms with Crippen molar-refractivity contribution < 1.29 is 0 Å². The Bertz CT molecular complexity index is 503. The zero-order chi connectivity index (χ0) is 13.0. The van der Waals surface area contributed by atoms with Gasteiger partial charge in [0, 0.05) is 19.5 Å². The molecule has 0 bridgehead atoms. The summed E-state index contributed by atoms with van der Waals surface area (Å²) in [4.78, 5) is 12.2. The van der Waals surface area contributed by atoms with E-state index in [9.17, 15) is 0 Å². The molecule has 5 nitrogen and oxygen atoms in total. The van der Waals surface area contributed by atoms with Crippen LogP contribution in [-0.4, -0.2) is 34.6 Å². The summed E-state index contributed by atoms with van der Waals surface area (Å²) in [5, 5.41) is 6.42. The molecule has 0 radical (unpaired) electrons. The third kappa shape index (κ3) is 3.20. The van der Waals surface area contributed by atoms with Gasteiger partial charge >= 0.3 is 0 Å². The first-order chi connectivity index (χ1) is 8.69. The van der Waals surface area contributed by atoms with Gasteiger partial charge in [-0.3, -0.25) is 0 Å². The molecule has 5 heteroatoms. The lowest BCUT2D eigenvalue weighted by Crippen LogP contribution is -2.24. The molecule has 0 unspecified atom stereocenters. The van der Waals surface area contributed by atoms with Crippen LogP contribution in [0.25, 0.3) is 11.2 Å². The first-order valence-corrected chi connectivity index (χ1v) is 6.46. The molecule has 2 rings (SSSR count). The smallest absolute Gasteiger partial charge is 0.179 e. The second kappa shape index (κ2) is 5.82. The van der Waals surface area contributed by atoms with E-state index in [2.05, 4.69) is 39.4 Å². The number of aryl methyl sites for hydroxylation is 1. The van der Waals surface area contributed by atoms with Gasteiger partial charge in [0.2, 0.25) is 0 Å². The fourth-order valence-electron chi connectivity index (χ4n) is 1.85. The van der Waals surface area contributed by atoms with Gasteiger partial charge in [-0.1, -0.05) is 13.8 Å². The fourth-order valence-corrected chi connectivity index (χ4v) is 1.85. The minimum absolute atomic E-state index is 0.542. The number of imidazole rings is 1. The molecule has 0 atom stereocenters. The number of aromatic nitrogens is 3. The number of nitrogens with one attached hydrogen (secondary N) is 3. The van der Waals surface area contributed by atoms with Crippen molar-refractivity contribution >= 4 is 17.0 Å². The normalized spacial score (nSPS) is 11.3. The summed E-state index contributed by atoms with van der Waals surface area (Å²) < 4.78 is 0. The van der Waals surface area contributed by atoms with Crippen molar-refractivity contribution in [3.8, 4) is 0 Å². The van der Waals surface area contributed by atoms with Crippen LogP contribution in [0.3, 0.4) is 0 Å². The molecule has 2 aromatic rings. The number of hydrogen-bond acceptors (Lipinski definition) is 4. The quantitative estimate of drug-likeness (QED) is 0.682. The van der Waals surface area contributed by atoms with Crippen molar-refractivity contribution in [2.45, 2.75) is 32.7 Å². The predicted octanol–water partition coefficient (Wildman–Crippen LogP) is 1.93. The Hall–Kier alpha value is -1.62. The topological polar surface area (TPSA) is 65.6 Å². The summed E-state index contributed by atoms with van der Waals surface area (Å²) >= 11 is 0. The van der Waals surface area contributed by atoms with Crippen LogP contribution < -0.4 is 10.6 Å². The molecule has 0 aromatic carbocycles. The van der Waals surface area contributed by atoms with Gasteiger partial charge in [0.15, 0.2) is 5.65 Å². The summed E-state index contributed by atoms with van der Waals surface area (Å²) in [6.07, 6.45) is 2.03. The van der Waals surface area contributed by atoms with Crippen LogP contribution in [0.2, 0.25) is 0 Å². The maximum Gasteiger partial charge on any atom is 0.179 e. The molecule has 0 spiro atoms. The maximum atomic E-state index is 4.50. The molecule has 0 amide bonds. The Labute approximate surface area is 107 Å². The van der Waals surface area contributed by atoms with Crippen LogP contribution in [0.15, 0.2) is 12.1 Å². The van der Waals surface area contributed by atoms with Crippen molar-refractivity contribution in [3.05, 3.63) is 18.0 Å². The van der Waals surface area contributed by atoms with Crippen molar-refractivity contribution in [3.63, 3.8) is 0 Å². The van der Waals surface area contributed by atoms with Gasteiger partial charge in [-0.05, 0) is 25.1 Å². The predicted molar refractivity (Wildman–Crippen MR) is 74.9 cm³/mol. The standard InChI is InChI=1S/C13H21N5/c1-9(2)15-8-4-5-12-16-10-6-7-11(14-3)17-13(10)18-12/h6-7,9,15H,4-5,8H2,1-3H3,(H2,14,16,17,18). The van der Waals surface area contributed by atoms with E-state index in [-0.39, 0.29) is 0 Å². The van der Waals surface area contributed by atoms with E-state index in [0.29, 0.717) is 6.04 Å². The van der Waals surface area contributed by atoms with Crippen LogP contribution in [0.1, 0.15) is 26.1 Å². The number of aromatic amines is 1. The molecule has 2 heterocycles. The van der Waals surface area contributed by atoms with E-state index in [0.717, 1.165) is 42.2 Å². The summed E-state index contributed by atoms with van der Waals surface area (Å²) in [5.41, 5.74) is 1.79. The second-order valence-corrected chi connectivity index (χ2v) is 4.71. The number of rotatable bonds is 6. The average molecular weight is 247 g/mol. The fraction of sp³-hybridized carbons (Fsp3) is 0.538. The minimum Gasteiger partial charge on any atom is -0.373 e. The lowest BCUT2D eigenvalue weighted by molar-refractivity contribution is 0.567. The zero-order valence-electron chi connectivity index (χ0n) is 11.2. The Morgan fingerprint density at radius 1 is 1.28 bits per heavy atom. The highest BCUT2D eigenvalue weighted by molar-refractivity contribution is 5.72. The molecule has 0 aliphatic heterocycles. The SMILES string of the molecule is CNc1ccc2[nH]c(CCCNC(C)C)nc2n1. The van der Waals surface area contributed by atoms with E-state index in [1.165, 1.54) is 0 Å². The molecule has 18 heavy (non-hydrogen) atoms. The van der Waals surface area contributed by atoms with Gasteiger partial charge in [-0.2, -0.15) is 0 Å². The molecular formula is C13H21N5. The molecule has 3 N–H and O–H groups in total. The number of hydrogen-bond donors (Lipinski definition) is 3. The molecule has 2 aromatic heterocycles. The van der Waals surface area contributed by atoms with E-state index in [1.54, 1.807) is 0 Å².